The van der Waals surface area contributed by atoms with Gasteiger partial charge in [0.15, 0.2) is 0 Å². The topological polar surface area (TPSA) is 70.6 Å². The van der Waals surface area contributed by atoms with Gasteiger partial charge in [0.2, 0.25) is 0 Å². The van der Waals surface area contributed by atoms with E-state index >= 15 is 0 Å². The molecule has 19 heavy (non-hydrogen) atoms. The molecule has 0 heterocycles. The maximum Gasteiger partial charge on any atom is 0.319 e. The number of rotatable bonds is 5. The highest BCUT2D eigenvalue weighted by Gasteiger charge is 2.17. The second-order valence-electron chi connectivity index (χ2n) is 4.75. The molecule has 2 amide bonds. The van der Waals surface area contributed by atoms with Gasteiger partial charge in [0.05, 0.1) is 19.3 Å². The summed E-state index contributed by atoms with van der Waals surface area (Å²) in [7, 11) is 1.60. The molecule has 0 atom stereocenters. The van der Waals surface area contributed by atoms with Crippen molar-refractivity contribution in [3.05, 3.63) is 36.0 Å². The Hall–Kier alpha value is -2.01. The van der Waals surface area contributed by atoms with Crippen LogP contribution in [0.25, 0.3) is 6.08 Å². The SMILES string of the molecule is COc1cccc(/C=C/NC(=O)NC(C)(C)CO)c1. The number of carbonyl (C=O) groups excluding carboxylic acids is 1. The predicted octanol–water partition coefficient (Wildman–Crippen LogP) is 1.74. The van der Waals surface area contributed by atoms with Crippen LogP contribution in [0.3, 0.4) is 0 Å². The molecule has 0 aliphatic heterocycles. The van der Waals surface area contributed by atoms with Crippen molar-refractivity contribution in [3.63, 3.8) is 0 Å². The molecule has 1 rings (SSSR count). The van der Waals surface area contributed by atoms with Crippen LogP contribution in [0.15, 0.2) is 30.5 Å². The van der Waals surface area contributed by atoms with Gasteiger partial charge in [0, 0.05) is 6.20 Å². The lowest BCUT2D eigenvalue weighted by atomic mass is 10.1. The van der Waals surface area contributed by atoms with E-state index in [1.165, 1.54) is 6.20 Å². The number of hydrogen-bond donors (Lipinski definition) is 3. The first kappa shape index (κ1) is 15.0. The van der Waals surface area contributed by atoms with Gasteiger partial charge in [-0.15, -0.1) is 0 Å². The Morgan fingerprint density at radius 3 is 2.84 bits per heavy atom. The molecule has 0 fully saturated rings. The van der Waals surface area contributed by atoms with E-state index in [0.717, 1.165) is 11.3 Å². The molecule has 0 aliphatic carbocycles. The zero-order valence-corrected chi connectivity index (χ0v) is 11.4. The Morgan fingerprint density at radius 1 is 1.47 bits per heavy atom. The Balaban J connectivity index is 2.51. The highest BCUT2D eigenvalue weighted by atomic mass is 16.5. The molecule has 0 aliphatic rings. The van der Waals surface area contributed by atoms with Crippen molar-refractivity contribution in [2.45, 2.75) is 19.4 Å². The van der Waals surface area contributed by atoms with Crippen LogP contribution < -0.4 is 15.4 Å². The summed E-state index contributed by atoms with van der Waals surface area (Å²) in [5, 5.41) is 14.2. The van der Waals surface area contributed by atoms with E-state index in [4.69, 9.17) is 9.84 Å². The Bertz CT molecular complexity index is 456. The normalized spacial score (nSPS) is 11.4. The van der Waals surface area contributed by atoms with Crippen molar-refractivity contribution in [3.8, 4) is 5.75 Å². The van der Waals surface area contributed by atoms with Gasteiger partial charge in [-0.05, 0) is 37.6 Å². The third kappa shape index (κ3) is 5.44. The fraction of sp³-hybridized carbons (Fsp3) is 0.357. The number of ether oxygens (including phenoxy) is 1. The lowest BCUT2D eigenvalue weighted by Gasteiger charge is -2.22. The van der Waals surface area contributed by atoms with E-state index in [0.29, 0.717) is 0 Å². The second-order valence-corrected chi connectivity index (χ2v) is 4.75. The van der Waals surface area contributed by atoms with Crippen LogP contribution in [0.2, 0.25) is 0 Å². The number of nitrogens with one attached hydrogen (secondary N) is 2. The molecule has 5 nitrogen and oxygen atoms in total. The molecule has 3 N–H and O–H groups in total. The highest BCUT2D eigenvalue weighted by molar-refractivity contribution is 5.76. The molecular weight excluding hydrogens is 244 g/mol. The number of aliphatic hydroxyl groups excluding tert-OH is 1. The summed E-state index contributed by atoms with van der Waals surface area (Å²) in [6.45, 7) is 3.34. The average Bonchev–Trinajstić information content (AvgIpc) is 2.38. The molecule has 0 radical (unpaired) electrons. The van der Waals surface area contributed by atoms with E-state index in [-0.39, 0.29) is 12.6 Å². The van der Waals surface area contributed by atoms with Crippen LogP contribution in [0.5, 0.6) is 5.75 Å². The number of hydrogen-bond acceptors (Lipinski definition) is 3. The number of carbonyl (C=O) groups is 1. The molecule has 104 valence electrons. The van der Waals surface area contributed by atoms with Crippen LogP contribution in [0.4, 0.5) is 4.79 Å². The standard InChI is InChI=1S/C14H20N2O3/c1-14(2,10-17)16-13(18)15-8-7-11-5-4-6-12(9-11)19-3/h4-9,17H,10H2,1-3H3,(H2,15,16,18)/b8-7+. The molecule has 0 spiro atoms. The summed E-state index contributed by atoms with van der Waals surface area (Å²) < 4.78 is 5.10. The maximum atomic E-state index is 11.5. The molecule has 1 aromatic carbocycles. The van der Waals surface area contributed by atoms with E-state index in [1.54, 1.807) is 27.0 Å². The Morgan fingerprint density at radius 2 is 2.21 bits per heavy atom. The molecular formula is C14H20N2O3. The summed E-state index contributed by atoms with van der Waals surface area (Å²) in [5.41, 5.74) is 0.273. The molecule has 0 saturated heterocycles. The first-order valence-electron chi connectivity index (χ1n) is 5.97. The largest absolute Gasteiger partial charge is 0.497 e. The number of benzene rings is 1. The molecule has 0 bridgehead atoms. The second kappa shape index (κ2) is 6.80. The van der Waals surface area contributed by atoms with Gasteiger partial charge in [-0.3, -0.25) is 0 Å². The van der Waals surface area contributed by atoms with Crippen molar-refractivity contribution in [2.24, 2.45) is 0 Å². The van der Waals surface area contributed by atoms with Crippen molar-refractivity contribution in [1.29, 1.82) is 0 Å². The number of amides is 2. The van der Waals surface area contributed by atoms with Crippen LogP contribution in [-0.2, 0) is 0 Å². The summed E-state index contributed by atoms with van der Waals surface area (Å²) >= 11 is 0. The number of aliphatic hydroxyl groups is 1. The van der Waals surface area contributed by atoms with Gasteiger partial charge in [0.1, 0.15) is 5.75 Å². The fourth-order valence-corrected chi connectivity index (χ4v) is 1.34. The zero-order valence-electron chi connectivity index (χ0n) is 11.4. The first-order valence-corrected chi connectivity index (χ1v) is 5.97. The average molecular weight is 264 g/mol. The van der Waals surface area contributed by atoms with Crippen LogP contribution in [0, 0.1) is 0 Å². The van der Waals surface area contributed by atoms with Gasteiger partial charge < -0.3 is 20.5 Å². The summed E-state index contributed by atoms with van der Waals surface area (Å²) in [5.74, 6) is 0.757. The quantitative estimate of drug-likeness (QED) is 0.758. The molecule has 1 aromatic rings. The summed E-state index contributed by atoms with van der Waals surface area (Å²) in [6, 6.07) is 7.11. The van der Waals surface area contributed by atoms with Gasteiger partial charge in [-0.1, -0.05) is 12.1 Å². The van der Waals surface area contributed by atoms with Crippen molar-refractivity contribution < 1.29 is 14.6 Å². The monoisotopic (exact) mass is 264 g/mol. The highest BCUT2D eigenvalue weighted by Crippen LogP contribution is 2.13. The lowest BCUT2D eigenvalue weighted by Crippen LogP contribution is -2.49. The van der Waals surface area contributed by atoms with E-state index < -0.39 is 5.54 Å². The van der Waals surface area contributed by atoms with Gasteiger partial charge in [0.25, 0.3) is 0 Å². The fourth-order valence-electron chi connectivity index (χ4n) is 1.34. The zero-order chi connectivity index (χ0) is 14.3. The number of methoxy groups -OCH3 is 1. The summed E-state index contributed by atoms with van der Waals surface area (Å²) in [6.07, 6.45) is 3.30. The van der Waals surface area contributed by atoms with Crippen LogP contribution in [0.1, 0.15) is 19.4 Å². The predicted molar refractivity (Wildman–Crippen MR) is 74.9 cm³/mol. The maximum absolute atomic E-state index is 11.5. The van der Waals surface area contributed by atoms with Crippen LogP contribution >= 0.6 is 0 Å². The van der Waals surface area contributed by atoms with Crippen molar-refractivity contribution in [2.75, 3.05) is 13.7 Å². The molecule has 0 aromatic heterocycles. The van der Waals surface area contributed by atoms with Gasteiger partial charge in [-0.2, -0.15) is 0 Å². The van der Waals surface area contributed by atoms with E-state index in [1.807, 2.05) is 24.3 Å². The Kier molecular flexibility index (Phi) is 5.38. The van der Waals surface area contributed by atoms with Crippen molar-refractivity contribution in [1.82, 2.24) is 10.6 Å². The van der Waals surface area contributed by atoms with E-state index in [9.17, 15) is 4.79 Å². The summed E-state index contributed by atoms with van der Waals surface area (Å²) in [4.78, 5) is 11.5. The minimum absolute atomic E-state index is 0.125. The molecule has 0 unspecified atom stereocenters. The Labute approximate surface area is 113 Å². The molecule has 5 heteroatoms. The third-order valence-electron chi connectivity index (χ3n) is 2.43. The third-order valence-corrected chi connectivity index (χ3v) is 2.43. The van der Waals surface area contributed by atoms with Gasteiger partial charge >= 0.3 is 6.03 Å². The molecule has 0 saturated carbocycles. The number of urea groups is 1. The lowest BCUT2D eigenvalue weighted by molar-refractivity contribution is 0.183. The minimum atomic E-state index is -0.645. The minimum Gasteiger partial charge on any atom is -0.497 e. The van der Waals surface area contributed by atoms with Crippen LogP contribution in [-0.4, -0.2) is 30.4 Å². The smallest absolute Gasteiger partial charge is 0.319 e. The first-order chi connectivity index (χ1) is 8.96. The van der Waals surface area contributed by atoms with Crippen molar-refractivity contribution >= 4 is 12.1 Å². The van der Waals surface area contributed by atoms with E-state index in [2.05, 4.69) is 10.6 Å². The van der Waals surface area contributed by atoms with Gasteiger partial charge in [-0.25, -0.2) is 4.79 Å².